The summed E-state index contributed by atoms with van der Waals surface area (Å²) in [5.74, 6) is -0.0668. The number of unbranched alkanes of at least 4 members (excludes halogenated alkanes) is 27. The summed E-state index contributed by atoms with van der Waals surface area (Å²) in [5.41, 5.74) is 0. The van der Waals surface area contributed by atoms with Crippen molar-refractivity contribution in [2.75, 3.05) is 6.61 Å². The number of allylic oxidation sites excluding steroid dienone is 13. The van der Waals surface area contributed by atoms with E-state index in [9.17, 15) is 15.0 Å². The molecule has 0 radical (unpaired) electrons. The summed E-state index contributed by atoms with van der Waals surface area (Å²) in [5, 5.41) is 23.1. The third kappa shape index (κ3) is 46.6. The second-order valence-corrected chi connectivity index (χ2v) is 17.2. The van der Waals surface area contributed by atoms with E-state index in [1.165, 1.54) is 161 Å². The molecular weight excluding hydrogens is 735 g/mol. The Morgan fingerprint density at radius 1 is 0.417 bits per heavy atom. The van der Waals surface area contributed by atoms with Crippen LogP contribution >= 0.6 is 0 Å². The Hall–Kier alpha value is -2.43. The van der Waals surface area contributed by atoms with Crippen molar-refractivity contribution in [2.24, 2.45) is 0 Å². The van der Waals surface area contributed by atoms with E-state index >= 15 is 0 Å². The molecule has 0 fully saturated rings. The van der Waals surface area contributed by atoms with Crippen molar-refractivity contribution >= 4 is 5.91 Å². The fourth-order valence-corrected chi connectivity index (χ4v) is 7.48. The minimum absolute atomic E-state index is 0.0668. The highest BCUT2D eigenvalue weighted by molar-refractivity contribution is 5.76. The number of rotatable bonds is 46. The smallest absolute Gasteiger partial charge is 0.220 e. The van der Waals surface area contributed by atoms with E-state index in [0.717, 1.165) is 64.2 Å². The largest absolute Gasteiger partial charge is 0.394 e. The van der Waals surface area contributed by atoms with Crippen LogP contribution in [0.3, 0.4) is 0 Å². The van der Waals surface area contributed by atoms with Gasteiger partial charge in [-0.05, 0) is 70.6 Å². The highest BCUT2D eigenvalue weighted by Gasteiger charge is 2.18. The fraction of sp³-hybridized carbons (Fsp3) is 0.732. The van der Waals surface area contributed by atoms with E-state index < -0.39 is 12.1 Å². The van der Waals surface area contributed by atoms with Gasteiger partial charge in [-0.3, -0.25) is 4.79 Å². The summed E-state index contributed by atoms with van der Waals surface area (Å²) in [7, 11) is 0. The summed E-state index contributed by atoms with van der Waals surface area (Å²) in [6.45, 7) is 4.20. The first-order chi connectivity index (χ1) is 29.7. The lowest BCUT2D eigenvalue weighted by Gasteiger charge is -2.20. The normalized spacial score (nSPS) is 13.6. The van der Waals surface area contributed by atoms with Crippen LogP contribution in [0, 0.1) is 0 Å². The third-order valence-electron chi connectivity index (χ3n) is 11.4. The number of hydrogen-bond acceptors (Lipinski definition) is 3. The van der Waals surface area contributed by atoms with Crippen LogP contribution in [0.4, 0.5) is 0 Å². The van der Waals surface area contributed by atoms with Gasteiger partial charge in [-0.1, -0.05) is 253 Å². The lowest BCUT2D eigenvalue weighted by atomic mass is 10.0. The van der Waals surface area contributed by atoms with Crippen LogP contribution < -0.4 is 5.32 Å². The van der Waals surface area contributed by atoms with Gasteiger partial charge in [0.2, 0.25) is 5.91 Å². The molecule has 0 saturated heterocycles. The predicted molar refractivity (Wildman–Crippen MR) is 267 cm³/mol. The number of amides is 1. The maximum Gasteiger partial charge on any atom is 0.220 e. The van der Waals surface area contributed by atoms with Crippen molar-refractivity contribution in [1.82, 2.24) is 5.32 Å². The Bertz CT molecular complexity index is 1080. The minimum atomic E-state index is -0.842. The zero-order valence-electron chi connectivity index (χ0n) is 39.7. The van der Waals surface area contributed by atoms with Gasteiger partial charge in [0, 0.05) is 6.42 Å². The zero-order chi connectivity index (χ0) is 43.5. The van der Waals surface area contributed by atoms with Crippen LogP contribution in [0.5, 0.6) is 0 Å². The highest BCUT2D eigenvalue weighted by atomic mass is 16.3. The van der Waals surface area contributed by atoms with Gasteiger partial charge in [0.1, 0.15) is 0 Å². The molecule has 0 rings (SSSR count). The summed E-state index contributed by atoms with van der Waals surface area (Å²) in [6.07, 6.45) is 74.3. The standard InChI is InChI=1S/C56H99NO3/c1-3-5-7-9-11-13-15-17-19-20-21-22-23-24-25-26-27-28-29-30-31-32-33-34-35-36-38-40-42-44-46-48-50-52-56(60)57-54(53-58)55(59)51-49-47-45-43-41-39-37-18-16-14-12-10-8-6-4-2/h5,7,11,13,17,19,21-22,24-25,27-28,49,51,54-55,58-59H,3-4,6,8-10,12,14-16,18,20,23,26,29-48,50,52-53H2,1-2H3,(H,57,60)/b7-5-,13-11-,19-17-,22-21-,25-24-,28-27-,51-49+. The molecule has 0 aromatic rings. The van der Waals surface area contributed by atoms with E-state index in [0.29, 0.717) is 6.42 Å². The maximum atomic E-state index is 12.4. The molecule has 60 heavy (non-hydrogen) atoms. The lowest BCUT2D eigenvalue weighted by molar-refractivity contribution is -0.123. The van der Waals surface area contributed by atoms with Gasteiger partial charge < -0.3 is 15.5 Å². The van der Waals surface area contributed by atoms with Crippen molar-refractivity contribution < 1.29 is 15.0 Å². The van der Waals surface area contributed by atoms with Crippen LogP contribution in [0.2, 0.25) is 0 Å². The van der Waals surface area contributed by atoms with Crippen molar-refractivity contribution in [3.8, 4) is 0 Å². The Labute approximate surface area is 373 Å². The van der Waals surface area contributed by atoms with E-state index in [4.69, 9.17) is 0 Å². The molecule has 0 saturated carbocycles. The first kappa shape index (κ1) is 57.6. The van der Waals surface area contributed by atoms with Gasteiger partial charge in [0.05, 0.1) is 18.8 Å². The Morgan fingerprint density at radius 2 is 0.733 bits per heavy atom. The lowest BCUT2D eigenvalue weighted by Crippen LogP contribution is -2.45. The summed E-state index contributed by atoms with van der Waals surface area (Å²) < 4.78 is 0. The van der Waals surface area contributed by atoms with Crippen LogP contribution in [-0.2, 0) is 4.79 Å². The van der Waals surface area contributed by atoms with E-state index in [2.05, 4.69) is 92.1 Å². The van der Waals surface area contributed by atoms with Gasteiger partial charge in [-0.2, -0.15) is 0 Å². The molecule has 2 unspecified atom stereocenters. The number of carbonyl (C=O) groups is 1. The molecule has 0 aromatic heterocycles. The average Bonchev–Trinajstić information content (AvgIpc) is 3.25. The third-order valence-corrected chi connectivity index (χ3v) is 11.4. The molecule has 0 aromatic carbocycles. The molecule has 1 amide bonds. The molecule has 0 heterocycles. The Balaban J connectivity index is 3.53. The number of aliphatic hydroxyl groups is 2. The van der Waals surface area contributed by atoms with Gasteiger partial charge in [-0.25, -0.2) is 0 Å². The van der Waals surface area contributed by atoms with Gasteiger partial charge in [0.25, 0.3) is 0 Å². The fourth-order valence-electron chi connectivity index (χ4n) is 7.48. The van der Waals surface area contributed by atoms with Crippen molar-refractivity contribution in [3.05, 3.63) is 85.1 Å². The molecule has 346 valence electrons. The second kappa shape index (κ2) is 50.9. The molecule has 0 aliphatic rings. The molecule has 2 atom stereocenters. The average molecular weight is 834 g/mol. The van der Waals surface area contributed by atoms with Crippen LogP contribution in [0.1, 0.15) is 245 Å². The van der Waals surface area contributed by atoms with Crippen molar-refractivity contribution in [2.45, 2.75) is 257 Å². The van der Waals surface area contributed by atoms with E-state index in [1.807, 2.05) is 6.08 Å². The van der Waals surface area contributed by atoms with E-state index in [-0.39, 0.29) is 12.5 Å². The first-order valence-corrected chi connectivity index (χ1v) is 25.8. The number of nitrogens with one attached hydrogen (secondary N) is 1. The van der Waals surface area contributed by atoms with Crippen LogP contribution in [0.25, 0.3) is 0 Å². The Morgan fingerprint density at radius 3 is 1.10 bits per heavy atom. The topological polar surface area (TPSA) is 69.6 Å². The van der Waals surface area contributed by atoms with Crippen molar-refractivity contribution in [1.29, 1.82) is 0 Å². The quantitative estimate of drug-likeness (QED) is 0.0423. The minimum Gasteiger partial charge on any atom is -0.394 e. The number of aliphatic hydroxyl groups excluding tert-OH is 2. The summed E-state index contributed by atoms with van der Waals surface area (Å²) in [6, 6.07) is -0.626. The maximum absolute atomic E-state index is 12.4. The Kier molecular flexibility index (Phi) is 48.9. The molecule has 0 aliphatic heterocycles. The highest BCUT2D eigenvalue weighted by Crippen LogP contribution is 2.15. The zero-order valence-corrected chi connectivity index (χ0v) is 39.7. The SMILES string of the molecule is CC/C=C\C/C=C\C/C=C\C/C=C\C/C=C\C/C=C\CCCCCCCCCCCCCCCCC(=O)NC(CO)C(O)/C=C/CCCCCCCCCCCCCCC. The van der Waals surface area contributed by atoms with Gasteiger partial charge in [0.15, 0.2) is 0 Å². The second-order valence-electron chi connectivity index (χ2n) is 17.2. The molecule has 0 aliphatic carbocycles. The van der Waals surface area contributed by atoms with Crippen molar-refractivity contribution in [3.63, 3.8) is 0 Å². The number of hydrogen-bond donors (Lipinski definition) is 3. The number of carbonyl (C=O) groups excluding carboxylic acids is 1. The molecule has 3 N–H and O–H groups in total. The molecule has 4 nitrogen and oxygen atoms in total. The van der Waals surface area contributed by atoms with Crippen LogP contribution in [-0.4, -0.2) is 34.9 Å². The first-order valence-electron chi connectivity index (χ1n) is 25.8. The van der Waals surface area contributed by atoms with Gasteiger partial charge in [-0.15, -0.1) is 0 Å². The predicted octanol–water partition coefficient (Wildman–Crippen LogP) is 16.8. The molecule has 0 spiro atoms. The summed E-state index contributed by atoms with van der Waals surface area (Å²) in [4.78, 5) is 12.4. The molecule has 0 bridgehead atoms. The van der Waals surface area contributed by atoms with Crippen LogP contribution in [0.15, 0.2) is 85.1 Å². The van der Waals surface area contributed by atoms with E-state index in [1.54, 1.807) is 6.08 Å². The molecular formula is C56H99NO3. The summed E-state index contributed by atoms with van der Waals surface area (Å²) >= 11 is 0. The monoisotopic (exact) mass is 834 g/mol. The van der Waals surface area contributed by atoms with Gasteiger partial charge >= 0.3 is 0 Å². The molecule has 4 heteroatoms.